The summed E-state index contributed by atoms with van der Waals surface area (Å²) in [5, 5.41) is 14.0. The Morgan fingerprint density at radius 1 is 0.792 bits per heavy atom. The van der Waals surface area contributed by atoms with Crippen molar-refractivity contribution in [3.63, 3.8) is 0 Å². The van der Waals surface area contributed by atoms with Crippen LogP contribution >= 0.6 is 0 Å². The Kier molecular flexibility index (Phi) is 12.1. The minimum atomic E-state index is -1.27. The number of carbonyl (C=O) groups excluding carboxylic acids is 3. The first-order chi connectivity index (χ1) is 25.7. The zero-order chi connectivity index (χ0) is 37.5. The summed E-state index contributed by atoms with van der Waals surface area (Å²) < 4.78 is 15.0. The van der Waals surface area contributed by atoms with Crippen LogP contribution in [0.2, 0.25) is 0 Å². The minimum absolute atomic E-state index is 0.0433. The summed E-state index contributed by atoms with van der Waals surface area (Å²) in [6, 6.07) is 6.00. The van der Waals surface area contributed by atoms with Crippen molar-refractivity contribution in [3.05, 3.63) is 54.0 Å². The van der Waals surface area contributed by atoms with Crippen LogP contribution in [0.25, 0.3) is 11.3 Å². The van der Waals surface area contributed by atoms with E-state index in [1.165, 1.54) is 21.3 Å². The van der Waals surface area contributed by atoms with Crippen molar-refractivity contribution in [3.8, 4) is 11.3 Å². The van der Waals surface area contributed by atoms with E-state index in [-0.39, 0.29) is 43.0 Å². The molecule has 5 N–H and O–H groups in total. The van der Waals surface area contributed by atoms with Gasteiger partial charge in [-0.2, -0.15) is 0 Å². The van der Waals surface area contributed by atoms with Gasteiger partial charge in [0.05, 0.1) is 43.8 Å². The highest BCUT2D eigenvalue weighted by Crippen LogP contribution is 2.36. The maximum atomic E-state index is 13.4. The number of hydrogen-bond donors (Lipinski definition) is 5. The summed E-state index contributed by atoms with van der Waals surface area (Å²) in [6.45, 7) is 2.83. The molecule has 0 spiro atoms. The van der Waals surface area contributed by atoms with Crippen molar-refractivity contribution in [2.75, 3.05) is 65.6 Å². The number of amides is 4. The molecule has 0 aliphatic carbocycles. The molecule has 1 aromatic carbocycles. The Labute approximate surface area is 307 Å². The predicted octanol–water partition coefficient (Wildman–Crippen LogP) is 3.16. The van der Waals surface area contributed by atoms with E-state index in [2.05, 4.69) is 49.8 Å². The topological polar surface area (TPSA) is 207 Å². The first-order valence-corrected chi connectivity index (χ1v) is 18.1. The average Bonchev–Trinajstić information content (AvgIpc) is 4.00. The van der Waals surface area contributed by atoms with Crippen LogP contribution in [0.4, 0.5) is 15.3 Å². The van der Waals surface area contributed by atoms with Crippen molar-refractivity contribution in [2.24, 2.45) is 0 Å². The van der Waals surface area contributed by atoms with Crippen LogP contribution in [-0.2, 0) is 23.8 Å². The number of methoxy groups -OCH3 is 3. The molecule has 3 aliphatic rings. The van der Waals surface area contributed by atoms with Crippen LogP contribution in [0.5, 0.6) is 0 Å². The molecule has 17 nitrogen and oxygen atoms in total. The number of carbonyl (C=O) groups is 4. The van der Waals surface area contributed by atoms with Crippen LogP contribution in [0.15, 0.2) is 36.7 Å². The van der Waals surface area contributed by atoms with Gasteiger partial charge in [0.2, 0.25) is 11.8 Å². The molecule has 53 heavy (non-hydrogen) atoms. The van der Waals surface area contributed by atoms with E-state index in [1.54, 1.807) is 9.80 Å². The number of alkyl carbamates (subject to hydrolysis) is 1. The molecule has 3 aromatic rings. The van der Waals surface area contributed by atoms with Gasteiger partial charge in [0, 0.05) is 70.0 Å². The van der Waals surface area contributed by atoms with E-state index in [0.717, 1.165) is 80.1 Å². The lowest BCUT2D eigenvalue weighted by atomic mass is 9.93. The quantitative estimate of drug-likeness (QED) is 0.172. The second kappa shape index (κ2) is 17.1. The second-order valence-electron chi connectivity index (χ2n) is 13.7. The number of nitrogens with zero attached hydrogens (tertiary/aromatic N) is 5. The molecule has 2 aromatic heterocycles. The van der Waals surface area contributed by atoms with Crippen molar-refractivity contribution in [2.45, 2.75) is 68.6 Å². The average molecular weight is 736 g/mol. The molecular formula is C36H49N9O8. The van der Waals surface area contributed by atoms with Gasteiger partial charge in [-0.05, 0) is 50.7 Å². The van der Waals surface area contributed by atoms with Gasteiger partial charge in [-0.15, -0.1) is 0 Å². The van der Waals surface area contributed by atoms with Crippen LogP contribution in [0, 0.1) is 0 Å². The van der Waals surface area contributed by atoms with Gasteiger partial charge in [-0.25, -0.2) is 19.6 Å². The molecule has 5 heterocycles. The van der Waals surface area contributed by atoms with Crippen LogP contribution in [-0.4, -0.2) is 132 Å². The molecule has 286 valence electrons. The van der Waals surface area contributed by atoms with E-state index in [4.69, 9.17) is 24.2 Å². The van der Waals surface area contributed by atoms with Gasteiger partial charge in [-0.1, -0.05) is 12.1 Å². The van der Waals surface area contributed by atoms with Gasteiger partial charge >= 0.3 is 12.2 Å². The summed E-state index contributed by atoms with van der Waals surface area (Å²) in [7, 11) is 4.18. The van der Waals surface area contributed by atoms with Crippen LogP contribution < -0.4 is 15.5 Å². The summed E-state index contributed by atoms with van der Waals surface area (Å²) in [5.41, 5.74) is 3.84. The number of anilines is 1. The molecule has 0 bridgehead atoms. The SMILES string of the molecule is COC[C@H](NC(=O)O)C(=O)N1CCC[C@H]1c1nc(-c2ccc(N3CCC(c4c[nH]c([C@@H]5CCCN5C(=O)[C@H](COC)NC(=O)OC)n4)CC3)cc2)c[nH]1. The van der Waals surface area contributed by atoms with E-state index >= 15 is 0 Å². The lowest BCUT2D eigenvalue weighted by Crippen LogP contribution is -2.50. The zero-order valence-corrected chi connectivity index (χ0v) is 30.4. The number of carboxylic acid groups (broad SMARTS) is 1. The molecule has 0 radical (unpaired) electrons. The molecule has 3 saturated heterocycles. The van der Waals surface area contributed by atoms with Gasteiger partial charge in [0.1, 0.15) is 23.7 Å². The largest absolute Gasteiger partial charge is 0.465 e. The molecule has 0 saturated carbocycles. The number of rotatable bonds is 13. The number of ether oxygens (including phenoxy) is 3. The fourth-order valence-corrected chi connectivity index (χ4v) is 7.73. The molecule has 4 atom stereocenters. The number of piperidine rings is 1. The lowest BCUT2D eigenvalue weighted by Gasteiger charge is -2.33. The molecule has 17 heteroatoms. The fourth-order valence-electron chi connectivity index (χ4n) is 7.73. The summed E-state index contributed by atoms with van der Waals surface area (Å²) in [5.74, 6) is 1.17. The smallest absolute Gasteiger partial charge is 0.407 e. The van der Waals surface area contributed by atoms with Crippen LogP contribution in [0.3, 0.4) is 0 Å². The standard InChI is InChI=1S/C36H49N9O8/c1-51-20-27(41-35(48)49)33(46)44-14-4-6-29(44)31-37-18-25(39-31)22-8-10-24(11-9-22)43-16-12-23(13-17-43)26-19-38-32(40-26)30-7-5-15-45(30)34(47)28(21-52-2)42-36(50)53-3/h8-11,18-19,23,27-30,41H,4-7,12-17,20-21H2,1-3H3,(H,37,39)(H,38,40)(H,42,50)(H,48,49)/t27-,28-,29-,30-/m0/s1. The molecule has 0 unspecified atom stereocenters. The van der Waals surface area contributed by atoms with E-state index in [0.29, 0.717) is 18.9 Å². The predicted molar refractivity (Wildman–Crippen MR) is 192 cm³/mol. The third kappa shape index (κ3) is 8.57. The monoisotopic (exact) mass is 735 g/mol. The molecular weight excluding hydrogens is 686 g/mol. The number of benzene rings is 1. The van der Waals surface area contributed by atoms with Crippen molar-refractivity contribution in [1.82, 2.24) is 40.4 Å². The molecule has 6 rings (SSSR count). The molecule has 3 fully saturated rings. The van der Waals surface area contributed by atoms with Gasteiger partial charge < -0.3 is 54.6 Å². The highest BCUT2D eigenvalue weighted by atomic mass is 16.5. The number of imidazole rings is 2. The van der Waals surface area contributed by atoms with Crippen molar-refractivity contribution >= 4 is 29.7 Å². The van der Waals surface area contributed by atoms with Gasteiger partial charge in [0.25, 0.3) is 0 Å². The maximum Gasteiger partial charge on any atom is 0.407 e. The van der Waals surface area contributed by atoms with E-state index in [9.17, 15) is 24.3 Å². The first kappa shape index (κ1) is 37.6. The second-order valence-corrected chi connectivity index (χ2v) is 13.7. The number of aromatic nitrogens is 4. The summed E-state index contributed by atoms with van der Waals surface area (Å²) in [6.07, 6.45) is 6.87. The molecule has 3 aliphatic heterocycles. The lowest BCUT2D eigenvalue weighted by molar-refractivity contribution is -0.136. The number of H-pyrrole nitrogens is 2. The Morgan fingerprint density at radius 3 is 1.92 bits per heavy atom. The summed E-state index contributed by atoms with van der Waals surface area (Å²) in [4.78, 5) is 71.9. The van der Waals surface area contributed by atoms with E-state index in [1.807, 2.05) is 12.4 Å². The molecule has 4 amide bonds. The first-order valence-electron chi connectivity index (χ1n) is 18.1. The Balaban J connectivity index is 1.04. The maximum absolute atomic E-state index is 13.4. The van der Waals surface area contributed by atoms with Crippen molar-refractivity contribution in [1.29, 1.82) is 0 Å². The number of nitrogens with one attached hydrogen (secondary N) is 4. The highest BCUT2D eigenvalue weighted by molar-refractivity contribution is 5.87. The van der Waals surface area contributed by atoms with E-state index < -0.39 is 24.3 Å². The Hall–Kier alpha value is -5.16. The Morgan fingerprint density at radius 2 is 1.36 bits per heavy atom. The minimum Gasteiger partial charge on any atom is -0.465 e. The van der Waals surface area contributed by atoms with Crippen molar-refractivity contribution < 1.29 is 38.5 Å². The number of hydrogen-bond acceptors (Lipinski definition) is 10. The van der Waals surface area contributed by atoms with Crippen LogP contribution in [0.1, 0.15) is 73.9 Å². The number of aromatic amines is 2. The van der Waals surface area contributed by atoms with Gasteiger partial charge in [-0.3, -0.25) is 9.59 Å². The zero-order valence-electron chi connectivity index (χ0n) is 30.4. The highest BCUT2D eigenvalue weighted by Gasteiger charge is 2.38. The summed E-state index contributed by atoms with van der Waals surface area (Å²) >= 11 is 0. The number of likely N-dealkylation sites (tertiary alicyclic amines) is 2. The Bertz CT molecular complexity index is 1720. The van der Waals surface area contributed by atoms with Gasteiger partial charge in [0.15, 0.2) is 0 Å². The third-order valence-electron chi connectivity index (χ3n) is 10.4. The normalized spacial score (nSPS) is 20.3. The third-order valence-corrected chi connectivity index (χ3v) is 10.4. The fraction of sp³-hybridized carbons (Fsp3) is 0.556.